The van der Waals surface area contributed by atoms with E-state index in [0.29, 0.717) is 10.8 Å². The number of aromatic amines is 1. The second-order valence-electron chi connectivity index (χ2n) is 4.16. The van der Waals surface area contributed by atoms with Crippen LogP contribution in [0.2, 0.25) is 5.02 Å². The Morgan fingerprint density at radius 3 is 2.15 bits per heavy atom. The summed E-state index contributed by atoms with van der Waals surface area (Å²) in [5.41, 5.74) is 2.75. The fraction of sp³-hybridized carbons (Fsp3) is 0. The molecule has 0 saturated heterocycles. The summed E-state index contributed by atoms with van der Waals surface area (Å²) < 4.78 is 12.9. The first-order valence-electron chi connectivity index (χ1n) is 5.79. The molecular formula is C15H11Cl2FN2. The van der Waals surface area contributed by atoms with Crippen molar-refractivity contribution in [3.63, 3.8) is 0 Å². The number of hydrogen-bond acceptors (Lipinski definition) is 1. The molecule has 1 heterocycles. The van der Waals surface area contributed by atoms with Crippen LogP contribution in [0.15, 0.2) is 54.7 Å². The number of nitrogens with one attached hydrogen (secondary N) is 1. The van der Waals surface area contributed by atoms with Crippen LogP contribution in [0, 0.1) is 5.82 Å². The van der Waals surface area contributed by atoms with E-state index in [1.54, 1.807) is 18.3 Å². The largest absolute Gasteiger partial charge is 0.338 e. The Labute approximate surface area is 127 Å². The molecule has 2 nitrogen and oxygen atoms in total. The molecule has 0 amide bonds. The van der Waals surface area contributed by atoms with Gasteiger partial charge in [-0.05, 0) is 42.0 Å². The number of rotatable bonds is 2. The van der Waals surface area contributed by atoms with Gasteiger partial charge in [0.15, 0.2) is 0 Å². The average Bonchev–Trinajstić information content (AvgIpc) is 2.90. The van der Waals surface area contributed by atoms with Crippen molar-refractivity contribution in [2.45, 2.75) is 0 Å². The maximum atomic E-state index is 12.9. The summed E-state index contributed by atoms with van der Waals surface area (Å²) in [4.78, 5) is 7.51. The lowest BCUT2D eigenvalue weighted by atomic mass is 10.2. The lowest BCUT2D eigenvalue weighted by Gasteiger charge is -1.98. The number of H-pyrrole nitrogens is 1. The third kappa shape index (κ3) is 3.00. The molecule has 0 bridgehead atoms. The van der Waals surface area contributed by atoms with Crippen LogP contribution in [0.3, 0.4) is 0 Å². The number of benzene rings is 2. The van der Waals surface area contributed by atoms with E-state index in [1.807, 2.05) is 24.3 Å². The molecule has 0 saturated carbocycles. The van der Waals surface area contributed by atoms with Crippen molar-refractivity contribution in [3.8, 4) is 22.6 Å². The Hall–Kier alpha value is -1.84. The first-order valence-corrected chi connectivity index (χ1v) is 6.17. The number of aromatic nitrogens is 2. The summed E-state index contributed by atoms with van der Waals surface area (Å²) >= 11 is 5.85. The van der Waals surface area contributed by atoms with Gasteiger partial charge in [-0.2, -0.15) is 0 Å². The van der Waals surface area contributed by atoms with Gasteiger partial charge in [0.05, 0.1) is 11.9 Å². The molecule has 0 aliphatic carbocycles. The molecule has 0 atom stereocenters. The van der Waals surface area contributed by atoms with Gasteiger partial charge >= 0.3 is 0 Å². The summed E-state index contributed by atoms with van der Waals surface area (Å²) in [6.07, 6.45) is 1.75. The Kier molecular flexibility index (Phi) is 4.42. The van der Waals surface area contributed by atoms with Crippen LogP contribution < -0.4 is 0 Å². The number of imidazole rings is 1. The van der Waals surface area contributed by atoms with Gasteiger partial charge in [-0.15, -0.1) is 12.4 Å². The summed E-state index contributed by atoms with van der Waals surface area (Å²) in [5, 5.41) is 0.696. The normalized spacial score (nSPS) is 10.1. The van der Waals surface area contributed by atoms with E-state index in [-0.39, 0.29) is 18.2 Å². The first-order chi connectivity index (χ1) is 9.22. The molecule has 1 N–H and O–H groups in total. The minimum atomic E-state index is -0.256. The first kappa shape index (κ1) is 14.6. The molecule has 3 aromatic rings. The molecule has 102 valence electrons. The molecule has 0 aliphatic heterocycles. The maximum absolute atomic E-state index is 12.9. The topological polar surface area (TPSA) is 28.7 Å². The van der Waals surface area contributed by atoms with Gasteiger partial charge in [0.25, 0.3) is 0 Å². The highest BCUT2D eigenvalue weighted by Crippen LogP contribution is 2.23. The third-order valence-electron chi connectivity index (χ3n) is 2.85. The van der Waals surface area contributed by atoms with Gasteiger partial charge in [0.2, 0.25) is 0 Å². The van der Waals surface area contributed by atoms with Crippen molar-refractivity contribution in [1.82, 2.24) is 9.97 Å². The number of hydrogen-bond donors (Lipinski definition) is 1. The van der Waals surface area contributed by atoms with E-state index in [1.165, 1.54) is 12.1 Å². The van der Waals surface area contributed by atoms with E-state index >= 15 is 0 Å². The summed E-state index contributed by atoms with van der Waals surface area (Å²) in [5.74, 6) is 0.457. The van der Waals surface area contributed by atoms with Gasteiger partial charge in [-0.25, -0.2) is 9.37 Å². The molecule has 0 fully saturated rings. The number of nitrogens with zero attached hydrogens (tertiary/aromatic N) is 1. The molecule has 3 rings (SSSR count). The van der Waals surface area contributed by atoms with Crippen LogP contribution in [0.25, 0.3) is 22.6 Å². The van der Waals surface area contributed by atoms with Gasteiger partial charge in [-0.1, -0.05) is 23.7 Å². The van der Waals surface area contributed by atoms with E-state index in [4.69, 9.17) is 11.6 Å². The van der Waals surface area contributed by atoms with Gasteiger partial charge in [0.1, 0.15) is 11.6 Å². The van der Waals surface area contributed by atoms with Crippen LogP contribution in [-0.4, -0.2) is 9.97 Å². The second-order valence-corrected chi connectivity index (χ2v) is 4.60. The second kappa shape index (κ2) is 6.07. The van der Waals surface area contributed by atoms with E-state index in [9.17, 15) is 4.39 Å². The summed E-state index contributed by atoms with van der Waals surface area (Å²) in [7, 11) is 0. The standard InChI is InChI=1S/C15H10ClFN2.ClH/c16-12-5-1-10(2-6-12)14-9-18-15(19-14)11-3-7-13(17)8-4-11;/h1-9H,(H,18,19);1H. The van der Waals surface area contributed by atoms with E-state index in [0.717, 1.165) is 16.8 Å². The lowest BCUT2D eigenvalue weighted by molar-refractivity contribution is 0.628. The van der Waals surface area contributed by atoms with Crippen LogP contribution in [0.1, 0.15) is 0 Å². The SMILES string of the molecule is Cl.Fc1ccc(-c2ncc(-c3ccc(Cl)cc3)[nH]2)cc1. The predicted molar refractivity (Wildman–Crippen MR) is 81.7 cm³/mol. The molecule has 0 spiro atoms. The zero-order chi connectivity index (χ0) is 13.2. The molecular weight excluding hydrogens is 298 g/mol. The minimum Gasteiger partial charge on any atom is -0.338 e. The molecule has 0 aliphatic rings. The fourth-order valence-electron chi connectivity index (χ4n) is 1.85. The monoisotopic (exact) mass is 308 g/mol. The predicted octanol–water partition coefficient (Wildman–Crippen LogP) is 4.96. The highest BCUT2D eigenvalue weighted by atomic mass is 35.5. The molecule has 0 radical (unpaired) electrons. The van der Waals surface area contributed by atoms with Gasteiger partial charge in [0, 0.05) is 10.6 Å². The zero-order valence-electron chi connectivity index (χ0n) is 10.3. The Balaban J connectivity index is 0.00000147. The van der Waals surface area contributed by atoms with Crippen LogP contribution in [-0.2, 0) is 0 Å². The molecule has 5 heteroatoms. The summed E-state index contributed by atoms with van der Waals surface area (Å²) in [6.45, 7) is 0. The Bertz CT molecular complexity index is 631. The highest BCUT2D eigenvalue weighted by Gasteiger charge is 2.05. The third-order valence-corrected chi connectivity index (χ3v) is 3.10. The molecule has 1 aromatic heterocycles. The molecule has 20 heavy (non-hydrogen) atoms. The summed E-state index contributed by atoms with van der Waals surface area (Å²) in [6, 6.07) is 13.7. The highest BCUT2D eigenvalue weighted by molar-refractivity contribution is 6.30. The molecule has 2 aromatic carbocycles. The van der Waals surface area contributed by atoms with Crippen LogP contribution in [0.4, 0.5) is 4.39 Å². The average molecular weight is 309 g/mol. The minimum absolute atomic E-state index is 0. The van der Waals surface area contributed by atoms with E-state index in [2.05, 4.69) is 9.97 Å². The van der Waals surface area contributed by atoms with Crippen molar-refractivity contribution < 1.29 is 4.39 Å². The van der Waals surface area contributed by atoms with E-state index < -0.39 is 0 Å². The van der Waals surface area contributed by atoms with Crippen molar-refractivity contribution in [1.29, 1.82) is 0 Å². The van der Waals surface area contributed by atoms with Crippen molar-refractivity contribution in [2.75, 3.05) is 0 Å². The smallest absolute Gasteiger partial charge is 0.137 e. The van der Waals surface area contributed by atoms with Crippen molar-refractivity contribution >= 4 is 24.0 Å². The fourth-order valence-corrected chi connectivity index (χ4v) is 1.98. The van der Waals surface area contributed by atoms with Crippen molar-refractivity contribution in [3.05, 3.63) is 65.6 Å². The quantitative estimate of drug-likeness (QED) is 0.712. The lowest BCUT2D eigenvalue weighted by Crippen LogP contribution is -1.82. The Morgan fingerprint density at radius 1 is 0.900 bits per heavy atom. The number of halogens is 3. The van der Waals surface area contributed by atoms with Crippen molar-refractivity contribution in [2.24, 2.45) is 0 Å². The van der Waals surface area contributed by atoms with Crippen LogP contribution >= 0.6 is 24.0 Å². The zero-order valence-corrected chi connectivity index (χ0v) is 11.9. The van der Waals surface area contributed by atoms with Crippen LogP contribution in [0.5, 0.6) is 0 Å². The van der Waals surface area contributed by atoms with Gasteiger partial charge < -0.3 is 4.98 Å². The maximum Gasteiger partial charge on any atom is 0.137 e. The Morgan fingerprint density at radius 2 is 1.50 bits per heavy atom. The van der Waals surface area contributed by atoms with Gasteiger partial charge in [-0.3, -0.25) is 0 Å². The molecule has 0 unspecified atom stereocenters.